The standard InChI is InChI=1S/2C18H21N5O2S.C17H19N5O2S.C16H24N4O3S.4CH4/c1-11-8-21-14(9-20-11)15(24)7-12-6-13(16(25)23(3)10-12)18(2)4-5-26-17(19)22-18;1-11-8-21-14(10-20-11)15(24)7-12-6-13(16(25-3)22-9-12)18(2)4-5-26-17(19)23-18;1-10-7-20-13(9-19-10)14(23)6-11-5-12(15(24)21-8-11)17(2)3-4-25-16(18)22-17;1-15(2,3)23-14(21)19-13-20-16(4,6-7-24-13)11-8-10(17)9-18-12(11)22-5;;;;/h6,8-10H,4-5,7H2,1-3H3,(H2,19,22);6,8-10H,4-5,7H2,1-3H3,(H2,19,23);5,7-9H,3-4,6H2,1-2H3,(H2,18,22)(H,21,24);8-9H,6-7,17H2,1-5H3,(H,19,20,21);4*1H4/t2*18-;17-;16-;;;;/m0000..../s1. The van der Waals surface area contributed by atoms with E-state index in [4.69, 9.17) is 42.1 Å². The van der Waals surface area contributed by atoms with Gasteiger partial charge in [0.15, 0.2) is 38.0 Å². The summed E-state index contributed by atoms with van der Waals surface area (Å²) in [5.41, 5.74) is 28.9. The van der Waals surface area contributed by atoms with Gasteiger partial charge in [0, 0.05) is 109 Å². The largest absolute Gasteiger partial charge is 0.481 e. The molecule has 566 valence electrons. The van der Waals surface area contributed by atoms with Crippen LogP contribution in [0.3, 0.4) is 0 Å². The molecule has 32 heteroatoms. The SMILES string of the molecule is C.C.C.C.COc1ncc(CC(=O)c2cnc(C)cn2)cc1[C@]1(C)CCSC(N)=N1.COc1ncc(N)cc1[C@]1(C)CCSC(NC(=O)OC(C)(C)C)=N1.Cc1cnc(C(=O)Cc2c[nH]c(=O)c([C@]3(C)CCSC(N)=N3)c2)cn1.Cc1cnc(C(=O)Cc2cc([C@]3(C)CCSC(N)=N3)c(=O)n(C)c2)cn1. The monoisotopic (exact) mass is 1520 g/mol. The van der Waals surface area contributed by atoms with Crippen molar-refractivity contribution in [1.29, 1.82) is 0 Å². The summed E-state index contributed by atoms with van der Waals surface area (Å²) in [5, 5.41) is 4.74. The molecule has 0 saturated heterocycles. The molecule has 0 radical (unpaired) electrons. The second-order valence-electron chi connectivity index (χ2n) is 26.0. The molecular formula is C73H101N19O9S4. The number of anilines is 1. The minimum absolute atomic E-state index is 0. The van der Waals surface area contributed by atoms with Crippen molar-refractivity contribution in [1.82, 2.24) is 54.7 Å². The van der Waals surface area contributed by atoms with Gasteiger partial charge in [0.1, 0.15) is 22.7 Å². The number of nitrogens with one attached hydrogen (secondary N) is 2. The summed E-state index contributed by atoms with van der Waals surface area (Å²) in [6.07, 6.45) is 18.6. The molecule has 0 unspecified atom stereocenters. The van der Waals surface area contributed by atoms with Crippen molar-refractivity contribution in [3.63, 3.8) is 0 Å². The summed E-state index contributed by atoms with van der Waals surface area (Å²) in [6.45, 7) is 18.7. The number of thioether (sulfide) groups is 4. The number of methoxy groups -OCH3 is 2. The first-order chi connectivity index (χ1) is 47.7. The van der Waals surface area contributed by atoms with Gasteiger partial charge in [-0.25, -0.2) is 29.7 Å². The first-order valence-corrected chi connectivity index (χ1v) is 36.0. The van der Waals surface area contributed by atoms with Crippen molar-refractivity contribution in [2.45, 2.75) is 172 Å². The molecule has 1 amide bonds. The molecule has 0 fully saturated rings. The van der Waals surface area contributed by atoms with Crippen LogP contribution in [0.15, 0.2) is 116 Å². The van der Waals surface area contributed by atoms with Crippen LogP contribution < -0.4 is 48.8 Å². The van der Waals surface area contributed by atoms with Crippen LogP contribution in [-0.4, -0.2) is 136 Å². The summed E-state index contributed by atoms with van der Waals surface area (Å²) in [7, 11) is 4.82. The number of hydrogen-bond acceptors (Lipinski definition) is 29. The predicted octanol–water partition coefficient (Wildman–Crippen LogP) is 10.9. The highest BCUT2D eigenvalue weighted by Gasteiger charge is 2.38. The van der Waals surface area contributed by atoms with Crippen LogP contribution in [0.5, 0.6) is 11.8 Å². The fourth-order valence-corrected chi connectivity index (χ4v) is 14.9. The van der Waals surface area contributed by atoms with Crippen molar-refractivity contribution in [3.05, 3.63) is 180 Å². The highest BCUT2D eigenvalue weighted by Crippen LogP contribution is 2.42. The Bertz CT molecular complexity index is 4450. The number of aromatic nitrogens is 10. The van der Waals surface area contributed by atoms with Crippen molar-refractivity contribution < 1.29 is 33.4 Å². The van der Waals surface area contributed by atoms with Crippen LogP contribution in [0, 0.1) is 20.8 Å². The molecule has 4 aliphatic rings. The third kappa shape index (κ3) is 23.8. The molecule has 0 saturated carbocycles. The summed E-state index contributed by atoms with van der Waals surface area (Å²) >= 11 is 5.98. The molecule has 4 aliphatic heterocycles. The van der Waals surface area contributed by atoms with Gasteiger partial charge < -0.3 is 46.7 Å². The van der Waals surface area contributed by atoms with Crippen LogP contribution in [0.2, 0.25) is 0 Å². The number of ether oxygens (including phenoxy) is 3. The number of carbonyl (C=O) groups is 4. The van der Waals surface area contributed by atoms with E-state index >= 15 is 0 Å². The Kier molecular flexibility index (Phi) is 31.9. The molecule has 0 aromatic carbocycles. The number of ketones is 3. The Morgan fingerprint density at radius 2 is 0.905 bits per heavy atom. The number of aliphatic imine (C=N–C) groups is 4. The zero-order valence-electron chi connectivity index (χ0n) is 58.8. The number of nitrogens with zero attached hydrogens (tertiary/aromatic N) is 13. The Hall–Kier alpha value is -9.40. The van der Waals surface area contributed by atoms with E-state index in [1.54, 1.807) is 76.8 Å². The summed E-state index contributed by atoms with van der Waals surface area (Å²) in [5.74, 6) is 3.85. The maximum atomic E-state index is 12.7. The molecule has 0 aliphatic carbocycles. The number of amidine groups is 4. The molecule has 0 bridgehead atoms. The number of H-pyrrole nitrogens is 1. The number of Topliss-reactive ketones (excluding diaryl/α,β-unsaturated/α-hetero) is 3. The summed E-state index contributed by atoms with van der Waals surface area (Å²) in [6, 6.07) is 7.26. The van der Waals surface area contributed by atoms with E-state index in [0.29, 0.717) is 84.7 Å². The van der Waals surface area contributed by atoms with Crippen molar-refractivity contribution >= 4 is 96.8 Å². The van der Waals surface area contributed by atoms with E-state index < -0.39 is 33.8 Å². The topological polar surface area (TPSA) is 419 Å². The average Bonchev–Trinajstić information content (AvgIpc) is 0.804. The van der Waals surface area contributed by atoms with E-state index in [2.05, 4.69) is 65.1 Å². The molecule has 10 N–H and O–H groups in total. The highest BCUT2D eigenvalue weighted by molar-refractivity contribution is 8.14. The number of nitrogens with two attached hydrogens (primary N) is 4. The zero-order chi connectivity index (χ0) is 73.6. The lowest BCUT2D eigenvalue weighted by Crippen LogP contribution is -2.38. The second kappa shape index (κ2) is 38.0. The molecule has 28 nitrogen and oxygen atoms in total. The summed E-state index contributed by atoms with van der Waals surface area (Å²) in [4.78, 5) is 129. The van der Waals surface area contributed by atoms with Crippen LogP contribution in [0.1, 0.15) is 191 Å². The zero-order valence-corrected chi connectivity index (χ0v) is 62.1. The molecule has 7 aromatic heterocycles. The minimum Gasteiger partial charge on any atom is -0.481 e. The van der Waals surface area contributed by atoms with Crippen molar-refractivity contribution in [2.75, 3.05) is 43.0 Å². The van der Waals surface area contributed by atoms with Gasteiger partial charge in [0.05, 0.1) is 83.9 Å². The number of rotatable bonds is 15. The first-order valence-electron chi connectivity index (χ1n) is 32.1. The third-order valence-electron chi connectivity index (χ3n) is 16.4. The summed E-state index contributed by atoms with van der Waals surface area (Å²) < 4.78 is 17.5. The second-order valence-corrected chi connectivity index (χ2v) is 30.4. The van der Waals surface area contributed by atoms with Crippen LogP contribution >= 0.6 is 47.0 Å². The van der Waals surface area contributed by atoms with Crippen LogP contribution in [-0.2, 0) is 53.2 Å². The van der Waals surface area contributed by atoms with Crippen LogP contribution in [0.4, 0.5) is 10.5 Å². The molecule has 105 heavy (non-hydrogen) atoms. The number of pyridine rings is 4. The molecule has 11 heterocycles. The quantitative estimate of drug-likeness (QED) is 0.0519. The Morgan fingerprint density at radius 1 is 0.514 bits per heavy atom. The van der Waals surface area contributed by atoms with Crippen molar-refractivity contribution in [3.8, 4) is 11.8 Å². The lowest BCUT2D eigenvalue weighted by molar-refractivity contribution is 0.0563. The number of nitrogen functional groups attached to an aromatic ring is 1. The molecule has 0 spiro atoms. The fraction of sp³-hybridized carbons (Fsp3) is 0.452. The lowest BCUT2D eigenvalue weighted by Gasteiger charge is -2.31. The van der Waals surface area contributed by atoms with Gasteiger partial charge in [0.2, 0.25) is 11.8 Å². The molecule has 7 aromatic rings. The third-order valence-corrected chi connectivity index (χ3v) is 19.6. The lowest BCUT2D eigenvalue weighted by atomic mass is 9.89. The Balaban J connectivity index is 0.000000293. The molecule has 4 atom stereocenters. The highest BCUT2D eigenvalue weighted by atomic mass is 32.2. The smallest absolute Gasteiger partial charge is 0.413 e. The van der Waals surface area contributed by atoms with Gasteiger partial charge in [-0.3, -0.25) is 64.2 Å². The number of hydrogen-bond donors (Lipinski definition) is 6. The molecule has 11 rings (SSSR count). The van der Waals surface area contributed by atoms with E-state index in [9.17, 15) is 28.8 Å². The normalized spacial score (nSPS) is 19.4. The van der Waals surface area contributed by atoms with Gasteiger partial charge >= 0.3 is 6.09 Å². The average molecular weight is 1520 g/mol. The number of carbonyl (C=O) groups excluding carboxylic acids is 4. The van der Waals surface area contributed by atoms with E-state index in [1.807, 2.05) is 81.4 Å². The van der Waals surface area contributed by atoms with Gasteiger partial charge in [-0.2, -0.15) is 0 Å². The van der Waals surface area contributed by atoms with E-state index in [0.717, 1.165) is 75.2 Å². The van der Waals surface area contributed by atoms with E-state index in [1.165, 1.54) is 70.2 Å². The molecular weight excluding hydrogens is 1420 g/mol. The van der Waals surface area contributed by atoms with Gasteiger partial charge in [-0.1, -0.05) is 76.8 Å². The maximum absolute atomic E-state index is 12.7. The van der Waals surface area contributed by atoms with Gasteiger partial charge in [-0.15, -0.1) is 0 Å². The number of amides is 1. The van der Waals surface area contributed by atoms with Gasteiger partial charge in [-0.05, 0) is 136 Å². The minimum atomic E-state index is -0.675. The predicted molar refractivity (Wildman–Crippen MR) is 425 cm³/mol. The number of aromatic amines is 1. The van der Waals surface area contributed by atoms with E-state index in [-0.39, 0.29) is 77.4 Å². The van der Waals surface area contributed by atoms with Gasteiger partial charge in [0.25, 0.3) is 11.1 Å². The Labute approximate surface area is 631 Å². The van der Waals surface area contributed by atoms with Crippen molar-refractivity contribution in [2.24, 2.45) is 44.2 Å². The fourth-order valence-electron chi connectivity index (χ4n) is 10.8. The number of alkyl carbamates (subject to hydrolysis) is 1. The Morgan fingerprint density at radius 3 is 1.34 bits per heavy atom. The first kappa shape index (κ1) is 88.0. The number of aryl methyl sites for hydroxylation is 4. The maximum Gasteiger partial charge on any atom is 0.413 e. The van der Waals surface area contributed by atoms with Crippen LogP contribution in [0.25, 0.3) is 0 Å².